The summed E-state index contributed by atoms with van der Waals surface area (Å²) < 4.78 is 5.15. The highest BCUT2D eigenvalue weighted by atomic mass is 16.5. The number of carboxylic acids is 2. The maximum absolute atomic E-state index is 10.7. The van der Waals surface area contributed by atoms with E-state index >= 15 is 0 Å². The van der Waals surface area contributed by atoms with Gasteiger partial charge in [0.1, 0.15) is 11.3 Å². The molecule has 0 radical (unpaired) electrons. The van der Waals surface area contributed by atoms with E-state index in [9.17, 15) is 9.59 Å². The SMILES string of the molecule is COc1ccc(C)cc1/C=C/C=C(C(=O)O)C(=O)O. The molecule has 100 valence electrons. The molecule has 0 aromatic heterocycles. The Morgan fingerprint density at radius 3 is 2.37 bits per heavy atom. The van der Waals surface area contributed by atoms with Crippen LogP contribution in [-0.2, 0) is 9.59 Å². The third-order valence-electron chi connectivity index (χ3n) is 2.38. The molecule has 0 fully saturated rings. The predicted octanol–water partition coefficient (Wildman–Crippen LogP) is 2.11. The first-order valence-corrected chi connectivity index (χ1v) is 5.45. The van der Waals surface area contributed by atoms with E-state index in [1.165, 1.54) is 13.2 Å². The number of benzene rings is 1. The van der Waals surface area contributed by atoms with Gasteiger partial charge in [-0.1, -0.05) is 23.8 Å². The van der Waals surface area contributed by atoms with Crippen molar-refractivity contribution in [2.45, 2.75) is 6.92 Å². The third kappa shape index (κ3) is 3.99. The van der Waals surface area contributed by atoms with Crippen molar-refractivity contribution < 1.29 is 24.5 Å². The smallest absolute Gasteiger partial charge is 0.343 e. The molecule has 0 saturated heterocycles. The van der Waals surface area contributed by atoms with E-state index in [0.717, 1.165) is 17.2 Å². The van der Waals surface area contributed by atoms with E-state index in [-0.39, 0.29) is 0 Å². The van der Waals surface area contributed by atoms with E-state index in [4.69, 9.17) is 14.9 Å². The molecule has 0 heterocycles. The average molecular weight is 262 g/mol. The summed E-state index contributed by atoms with van der Waals surface area (Å²) in [7, 11) is 1.53. The second-order valence-corrected chi connectivity index (χ2v) is 3.80. The Kier molecular flexibility index (Phi) is 4.88. The number of allylic oxidation sites excluding steroid dienone is 2. The first-order chi connectivity index (χ1) is 8.95. The van der Waals surface area contributed by atoms with Crippen LogP contribution in [0.25, 0.3) is 6.08 Å². The third-order valence-corrected chi connectivity index (χ3v) is 2.38. The zero-order valence-corrected chi connectivity index (χ0v) is 10.6. The number of methoxy groups -OCH3 is 1. The number of rotatable bonds is 5. The van der Waals surface area contributed by atoms with Crippen molar-refractivity contribution in [3.63, 3.8) is 0 Å². The quantitative estimate of drug-likeness (QED) is 0.367. The molecule has 0 saturated carbocycles. The van der Waals surface area contributed by atoms with Gasteiger partial charge in [-0.25, -0.2) is 9.59 Å². The second kappa shape index (κ2) is 6.39. The van der Waals surface area contributed by atoms with Gasteiger partial charge in [0.15, 0.2) is 0 Å². The van der Waals surface area contributed by atoms with Gasteiger partial charge in [-0.15, -0.1) is 0 Å². The number of hydrogen-bond acceptors (Lipinski definition) is 3. The Balaban J connectivity index is 3.05. The number of carbonyl (C=O) groups is 2. The fourth-order valence-electron chi connectivity index (χ4n) is 1.47. The minimum Gasteiger partial charge on any atom is -0.496 e. The van der Waals surface area contributed by atoms with Crippen LogP contribution in [0, 0.1) is 6.92 Å². The van der Waals surface area contributed by atoms with E-state index in [1.54, 1.807) is 12.1 Å². The van der Waals surface area contributed by atoms with Crippen LogP contribution >= 0.6 is 0 Å². The number of aliphatic carboxylic acids is 2. The van der Waals surface area contributed by atoms with Crippen LogP contribution in [0.4, 0.5) is 0 Å². The molecule has 0 unspecified atom stereocenters. The summed E-state index contributed by atoms with van der Waals surface area (Å²) in [5.74, 6) is -2.33. The van der Waals surface area contributed by atoms with Crippen LogP contribution in [0.15, 0.2) is 35.9 Å². The van der Waals surface area contributed by atoms with Gasteiger partial charge in [0.2, 0.25) is 0 Å². The highest BCUT2D eigenvalue weighted by Gasteiger charge is 2.14. The topological polar surface area (TPSA) is 83.8 Å². The summed E-state index contributed by atoms with van der Waals surface area (Å²) in [5, 5.41) is 17.4. The molecule has 1 aromatic rings. The molecule has 1 rings (SSSR count). The van der Waals surface area contributed by atoms with Crippen molar-refractivity contribution in [3.05, 3.63) is 47.1 Å². The number of aryl methyl sites for hydroxylation is 1. The van der Waals surface area contributed by atoms with E-state index < -0.39 is 17.5 Å². The van der Waals surface area contributed by atoms with Crippen LogP contribution in [-0.4, -0.2) is 29.3 Å². The van der Waals surface area contributed by atoms with Gasteiger partial charge in [0.05, 0.1) is 7.11 Å². The summed E-state index contributed by atoms with van der Waals surface area (Å²) in [5.41, 5.74) is 1.07. The molecule has 0 aliphatic carbocycles. The Bertz CT molecular complexity index is 539. The highest BCUT2D eigenvalue weighted by Crippen LogP contribution is 2.21. The molecule has 0 aliphatic rings. The lowest BCUT2D eigenvalue weighted by molar-refractivity contribution is -0.140. The summed E-state index contributed by atoms with van der Waals surface area (Å²) >= 11 is 0. The number of ether oxygens (including phenoxy) is 1. The fraction of sp³-hybridized carbons (Fsp3) is 0.143. The van der Waals surface area contributed by atoms with Crippen molar-refractivity contribution in [2.24, 2.45) is 0 Å². The van der Waals surface area contributed by atoms with Gasteiger partial charge < -0.3 is 14.9 Å². The van der Waals surface area contributed by atoms with Crippen LogP contribution < -0.4 is 4.74 Å². The normalized spacial score (nSPS) is 10.2. The molecule has 5 nitrogen and oxygen atoms in total. The number of carboxylic acid groups (broad SMARTS) is 2. The van der Waals surface area contributed by atoms with Gasteiger partial charge in [-0.3, -0.25) is 0 Å². The molecule has 0 atom stereocenters. The van der Waals surface area contributed by atoms with Crippen LogP contribution in [0.5, 0.6) is 5.75 Å². The summed E-state index contributed by atoms with van der Waals surface area (Å²) in [6.07, 6.45) is 4.00. The predicted molar refractivity (Wildman–Crippen MR) is 70.1 cm³/mol. The lowest BCUT2D eigenvalue weighted by Gasteiger charge is -2.05. The van der Waals surface area contributed by atoms with Crippen molar-refractivity contribution in [2.75, 3.05) is 7.11 Å². The molecule has 5 heteroatoms. The van der Waals surface area contributed by atoms with Crippen LogP contribution in [0.1, 0.15) is 11.1 Å². The summed E-state index contributed by atoms with van der Waals surface area (Å²) in [6, 6.07) is 5.52. The first-order valence-electron chi connectivity index (χ1n) is 5.45. The Hall–Kier alpha value is -2.56. The second-order valence-electron chi connectivity index (χ2n) is 3.80. The van der Waals surface area contributed by atoms with E-state index in [1.807, 2.05) is 19.1 Å². The van der Waals surface area contributed by atoms with E-state index in [0.29, 0.717) is 5.75 Å². The maximum Gasteiger partial charge on any atom is 0.343 e. The first kappa shape index (κ1) is 14.5. The van der Waals surface area contributed by atoms with Gasteiger partial charge in [0, 0.05) is 5.56 Å². The lowest BCUT2D eigenvalue weighted by Crippen LogP contribution is -2.10. The van der Waals surface area contributed by atoms with Gasteiger partial charge in [-0.05, 0) is 25.1 Å². The van der Waals surface area contributed by atoms with Crippen molar-refractivity contribution in [1.29, 1.82) is 0 Å². The fourth-order valence-corrected chi connectivity index (χ4v) is 1.47. The van der Waals surface area contributed by atoms with Gasteiger partial charge in [-0.2, -0.15) is 0 Å². The average Bonchev–Trinajstić information content (AvgIpc) is 2.33. The Labute approximate surface area is 110 Å². The van der Waals surface area contributed by atoms with Crippen LogP contribution in [0.3, 0.4) is 0 Å². The highest BCUT2D eigenvalue weighted by molar-refractivity contribution is 6.12. The standard InChI is InChI=1S/C14H14O5/c1-9-6-7-12(19-2)10(8-9)4-3-5-11(13(15)16)14(17)18/h3-8H,1-2H3,(H,15,16)(H,17,18)/b4-3+. The maximum atomic E-state index is 10.7. The van der Waals surface area contributed by atoms with E-state index in [2.05, 4.69) is 0 Å². The molecule has 19 heavy (non-hydrogen) atoms. The van der Waals surface area contributed by atoms with Gasteiger partial charge in [0.25, 0.3) is 0 Å². The molecule has 0 amide bonds. The minimum atomic E-state index is -1.48. The molecular weight excluding hydrogens is 248 g/mol. The molecule has 1 aromatic carbocycles. The summed E-state index contributed by atoms with van der Waals surface area (Å²) in [6.45, 7) is 1.91. The minimum absolute atomic E-state index is 0.627. The van der Waals surface area contributed by atoms with Gasteiger partial charge >= 0.3 is 11.9 Å². The van der Waals surface area contributed by atoms with Crippen molar-refractivity contribution in [1.82, 2.24) is 0 Å². The molecular formula is C14H14O5. The Morgan fingerprint density at radius 1 is 1.21 bits per heavy atom. The molecule has 2 N–H and O–H groups in total. The lowest BCUT2D eigenvalue weighted by atomic mass is 10.1. The van der Waals surface area contributed by atoms with Crippen molar-refractivity contribution >= 4 is 18.0 Å². The zero-order valence-electron chi connectivity index (χ0n) is 10.6. The summed E-state index contributed by atoms with van der Waals surface area (Å²) in [4.78, 5) is 21.3. The molecule has 0 bridgehead atoms. The zero-order chi connectivity index (χ0) is 14.4. The Morgan fingerprint density at radius 2 is 1.84 bits per heavy atom. The van der Waals surface area contributed by atoms with Crippen molar-refractivity contribution in [3.8, 4) is 5.75 Å². The molecule has 0 spiro atoms. The monoisotopic (exact) mass is 262 g/mol. The largest absolute Gasteiger partial charge is 0.496 e. The number of hydrogen-bond donors (Lipinski definition) is 2. The van der Waals surface area contributed by atoms with Crippen LogP contribution in [0.2, 0.25) is 0 Å². The molecule has 0 aliphatic heterocycles.